The van der Waals surface area contributed by atoms with Gasteiger partial charge in [-0.1, -0.05) is 104 Å². The average molecular weight is 386 g/mol. The number of unbranched alkanes of at least 4 members (excludes halogenated alkanes) is 1. The van der Waals surface area contributed by atoms with Gasteiger partial charge in [0, 0.05) is 0 Å². The van der Waals surface area contributed by atoms with Crippen LogP contribution in [0.1, 0.15) is 42.9 Å². The molecule has 3 rings (SSSR count). The lowest BCUT2D eigenvalue weighted by Crippen LogP contribution is -2.44. The third kappa shape index (κ3) is 4.79. The maximum absolute atomic E-state index is 13.2. The van der Waals surface area contributed by atoms with Gasteiger partial charge in [-0.2, -0.15) is 5.10 Å². The third-order valence-electron chi connectivity index (χ3n) is 4.88. The fourth-order valence-corrected chi connectivity index (χ4v) is 3.23. The zero-order chi connectivity index (χ0) is 20.5. The number of carbonyl (C=O) groups excluding carboxylic acids is 1. The van der Waals surface area contributed by atoms with Crippen LogP contribution < -0.4 is 5.43 Å². The van der Waals surface area contributed by atoms with Crippen LogP contribution in [0, 0.1) is 0 Å². The van der Waals surface area contributed by atoms with Crippen molar-refractivity contribution < 1.29 is 9.90 Å². The molecule has 0 bridgehead atoms. The summed E-state index contributed by atoms with van der Waals surface area (Å²) in [6, 6.07) is 27.7. The summed E-state index contributed by atoms with van der Waals surface area (Å²) >= 11 is 0. The second kappa shape index (κ2) is 9.80. The summed E-state index contributed by atoms with van der Waals surface area (Å²) in [5, 5.41) is 15.9. The average Bonchev–Trinajstić information content (AvgIpc) is 2.80. The predicted octanol–water partition coefficient (Wildman–Crippen LogP) is 4.63. The minimum absolute atomic E-state index is 0.494. The molecular formula is C25H26N2O2. The summed E-state index contributed by atoms with van der Waals surface area (Å²) in [4.78, 5) is 13.2. The van der Waals surface area contributed by atoms with Gasteiger partial charge in [0.15, 0.2) is 5.60 Å². The SMILES string of the molecule is CCCCC(=NNC(=O)C(O)(c1ccccc1)c1ccccc1)c1ccccc1. The van der Waals surface area contributed by atoms with Gasteiger partial charge in [-0.3, -0.25) is 4.79 Å². The molecule has 0 fully saturated rings. The van der Waals surface area contributed by atoms with Crippen molar-refractivity contribution in [3.63, 3.8) is 0 Å². The maximum atomic E-state index is 13.2. The minimum atomic E-state index is -1.83. The number of rotatable bonds is 8. The quantitative estimate of drug-likeness (QED) is 0.438. The van der Waals surface area contributed by atoms with Crippen LogP contribution in [0.25, 0.3) is 0 Å². The van der Waals surface area contributed by atoms with E-state index in [1.807, 2.05) is 42.5 Å². The highest BCUT2D eigenvalue weighted by molar-refractivity contribution is 6.01. The van der Waals surface area contributed by atoms with Gasteiger partial charge >= 0.3 is 0 Å². The van der Waals surface area contributed by atoms with Crippen molar-refractivity contribution in [1.82, 2.24) is 5.43 Å². The molecule has 1 amide bonds. The predicted molar refractivity (Wildman–Crippen MR) is 117 cm³/mol. The molecule has 148 valence electrons. The Morgan fingerprint density at radius 2 is 1.34 bits per heavy atom. The van der Waals surface area contributed by atoms with Crippen molar-refractivity contribution in [3.8, 4) is 0 Å². The zero-order valence-corrected chi connectivity index (χ0v) is 16.6. The summed E-state index contributed by atoms with van der Waals surface area (Å²) < 4.78 is 0. The molecule has 4 nitrogen and oxygen atoms in total. The molecule has 0 aliphatic carbocycles. The van der Waals surface area contributed by atoms with Gasteiger partial charge in [-0.15, -0.1) is 0 Å². The number of benzene rings is 3. The van der Waals surface area contributed by atoms with E-state index in [1.165, 1.54) is 0 Å². The highest BCUT2D eigenvalue weighted by atomic mass is 16.3. The molecule has 3 aromatic rings. The van der Waals surface area contributed by atoms with Gasteiger partial charge in [0.05, 0.1) is 5.71 Å². The molecule has 0 atom stereocenters. The Bertz CT molecular complexity index is 899. The van der Waals surface area contributed by atoms with Crippen LogP contribution >= 0.6 is 0 Å². The number of hydrazone groups is 1. The van der Waals surface area contributed by atoms with Gasteiger partial charge in [-0.25, -0.2) is 5.43 Å². The largest absolute Gasteiger partial charge is 0.372 e. The summed E-state index contributed by atoms with van der Waals surface area (Å²) in [7, 11) is 0. The van der Waals surface area contributed by atoms with Crippen molar-refractivity contribution in [3.05, 3.63) is 108 Å². The number of nitrogens with one attached hydrogen (secondary N) is 1. The Hall–Kier alpha value is -3.24. The van der Waals surface area contributed by atoms with Crippen LogP contribution in [0.15, 0.2) is 96.1 Å². The molecule has 0 spiro atoms. The monoisotopic (exact) mass is 386 g/mol. The number of aliphatic hydroxyl groups is 1. The van der Waals surface area contributed by atoms with Gasteiger partial charge in [0.25, 0.3) is 5.91 Å². The highest BCUT2D eigenvalue weighted by Crippen LogP contribution is 2.29. The van der Waals surface area contributed by atoms with Crippen LogP contribution in [0.4, 0.5) is 0 Å². The Labute approximate surface area is 171 Å². The first-order valence-corrected chi connectivity index (χ1v) is 9.92. The third-order valence-corrected chi connectivity index (χ3v) is 4.88. The Kier molecular flexibility index (Phi) is 6.93. The molecule has 0 saturated carbocycles. The van der Waals surface area contributed by atoms with Gasteiger partial charge < -0.3 is 5.11 Å². The Balaban J connectivity index is 1.95. The van der Waals surface area contributed by atoms with E-state index in [1.54, 1.807) is 48.5 Å². The molecular weight excluding hydrogens is 360 g/mol. The molecule has 0 heterocycles. The molecule has 3 aromatic carbocycles. The first-order valence-electron chi connectivity index (χ1n) is 9.92. The van der Waals surface area contributed by atoms with E-state index in [9.17, 15) is 9.90 Å². The molecule has 0 aromatic heterocycles. The normalized spacial score (nSPS) is 11.9. The molecule has 0 aliphatic heterocycles. The fourth-order valence-electron chi connectivity index (χ4n) is 3.23. The Morgan fingerprint density at radius 1 is 0.862 bits per heavy atom. The van der Waals surface area contributed by atoms with Crippen molar-refractivity contribution in [2.24, 2.45) is 5.10 Å². The number of carbonyl (C=O) groups is 1. The van der Waals surface area contributed by atoms with Gasteiger partial charge in [-0.05, 0) is 29.5 Å². The summed E-state index contributed by atoms with van der Waals surface area (Å²) in [5.74, 6) is -0.583. The smallest absolute Gasteiger partial charge is 0.281 e. The van der Waals surface area contributed by atoms with Crippen molar-refractivity contribution in [2.75, 3.05) is 0 Å². The fraction of sp³-hybridized carbons (Fsp3) is 0.200. The standard InChI is InChI=1S/C25H26N2O2/c1-2-3-19-23(20-13-7-4-8-14-20)26-27-24(28)25(29,21-15-9-5-10-16-21)22-17-11-6-12-18-22/h4-18,29H,2-3,19H2,1H3,(H,27,28). The number of hydrogen-bond acceptors (Lipinski definition) is 3. The van der Waals surface area contributed by atoms with E-state index in [0.29, 0.717) is 11.1 Å². The highest BCUT2D eigenvalue weighted by Gasteiger charge is 2.40. The van der Waals surface area contributed by atoms with E-state index < -0.39 is 11.5 Å². The van der Waals surface area contributed by atoms with E-state index in [4.69, 9.17) is 0 Å². The number of nitrogens with zero attached hydrogens (tertiary/aromatic N) is 1. The molecule has 0 saturated heterocycles. The zero-order valence-electron chi connectivity index (χ0n) is 16.6. The van der Waals surface area contributed by atoms with E-state index in [0.717, 1.165) is 30.5 Å². The molecule has 29 heavy (non-hydrogen) atoms. The number of hydrogen-bond donors (Lipinski definition) is 2. The van der Waals surface area contributed by atoms with Crippen LogP contribution in [0.2, 0.25) is 0 Å². The van der Waals surface area contributed by atoms with E-state index in [2.05, 4.69) is 17.5 Å². The first kappa shape index (κ1) is 20.5. The lowest BCUT2D eigenvalue weighted by molar-refractivity contribution is -0.136. The molecule has 4 heteroatoms. The molecule has 0 radical (unpaired) electrons. The van der Waals surface area contributed by atoms with Crippen LogP contribution in [0.5, 0.6) is 0 Å². The summed E-state index contributed by atoms with van der Waals surface area (Å²) in [5.41, 5.74) is 3.54. The van der Waals surface area contributed by atoms with E-state index in [-0.39, 0.29) is 0 Å². The lowest BCUT2D eigenvalue weighted by atomic mass is 9.85. The number of amides is 1. The maximum Gasteiger partial charge on any atom is 0.281 e. The van der Waals surface area contributed by atoms with Crippen molar-refractivity contribution in [1.29, 1.82) is 0 Å². The second-order valence-corrected chi connectivity index (χ2v) is 6.91. The Morgan fingerprint density at radius 3 is 1.83 bits per heavy atom. The van der Waals surface area contributed by atoms with Crippen molar-refractivity contribution in [2.45, 2.75) is 31.8 Å². The first-order chi connectivity index (χ1) is 14.2. The summed E-state index contributed by atoms with van der Waals surface area (Å²) in [6.45, 7) is 2.12. The van der Waals surface area contributed by atoms with Gasteiger partial charge in [0.1, 0.15) is 0 Å². The molecule has 0 aliphatic rings. The van der Waals surface area contributed by atoms with Gasteiger partial charge in [0.2, 0.25) is 0 Å². The minimum Gasteiger partial charge on any atom is -0.372 e. The summed E-state index contributed by atoms with van der Waals surface area (Å²) in [6.07, 6.45) is 2.74. The lowest BCUT2D eigenvalue weighted by Gasteiger charge is -2.27. The van der Waals surface area contributed by atoms with E-state index >= 15 is 0 Å². The molecule has 0 unspecified atom stereocenters. The topological polar surface area (TPSA) is 61.7 Å². The molecule has 2 N–H and O–H groups in total. The van der Waals surface area contributed by atoms with Crippen LogP contribution in [-0.2, 0) is 10.4 Å². The van der Waals surface area contributed by atoms with Crippen LogP contribution in [-0.4, -0.2) is 16.7 Å². The second-order valence-electron chi connectivity index (χ2n) is 6.91. The van der Waals surface area contributed by atoms with Crippen molar-refractivity contribution >= 4 is 11.6 Å². The van der Waals surface area contributed by atoms with Crippen LogP contribution in [0.3, 0.4) is 0 Å².